The Kier molecular flexibility index (Phi) is 2.82. The molecule has 2 N–H and O–H groups in total. The quantitative estimate of drug-likeness (QED) is 0.835. The van der Waals surface area contributed by atoms with Gasteiger partial charge in [-0.05, 0) is 42.3 Å². The second-order valence-corrected chi connectivity index (χ2v) is 5.27. The van der Waals surface area contributed by atoms with Gasteiger partial charge >= 0.3 is 0 Å². The van der Waals surface area contributed by atoms with Crippen molar-refractivity contribution in [2.24, 2.45) is 5.92 Å². The Morgan fingerprint density at radius 3 is 3.00 bits per heavy atom. The van der Waals surface area contributed by atoms with Crippen molar-refractivity contribution in [3.05, 3.63) is 36.0 Å². The van der Waals surface area contributed by atoms with Crippen molar-refractivity contribution in [3.8, 4) is 0 Å². The van der Waals surface area contributed by atoms with Crippen molar-refractivity contribution < 1.29 is 4.79 Å². The first-order chi connectivity index (χ1) is 8.74. The number of benzene rings is 1. The third-order valence-electron chi connectivity index (χ3n) is 4.00. The van der Waals surface area contributed by atoms with E-state index in [1.807, 2.05) is 30.5 Å². The topological polar surface area (TPSA) is 44.9 Å². The zero-order valence-electron chi connectivity index (χ0n) is 10.6. The van der Waals surface area contributed by atoms with Crippen molar-refractivity contribution in [3.63, 3.8) is 0 Å². The van der Waals surface area contributed by atoms with Crippen molar-refractivity contribution in [2.75, 3.05) is 0 Å². The van der Waals surface area contributed by atoms with Crippen LogP contribution < -0.4 is 5.32 Å². The Morgan fingerprint density at radius 2 is 2.22 bits per heavy atom. The van der Waals surface area contributed by atoms with E-state index in [1.165, 1.54) is 12.8 Å². The molecule has 2 unspecified atom stereocenters. The van der Waals surface area contributed by atoms with Gasteiger partial charge in [0.2, 0.25) is 0 Å². The molecule has 18 heavy (non-hydrogen) atoms. The highest BCUT2D eigenvalue weighted by Gasteiger charge is 2.25. The minimum absolute atomic E-state index is 0.0465. The van der Waals surface area contributed by atoms with Crippen LogP contribution in [0, 0.1) is 5.92 Å². The van der Waals surface area contributed by atoms with Crippen LogP contribution in [0.25, 0.3) is 10.9 Å². The molecule has 1 saturated carbocycles. The van der Waals surface area contributed by atoms with Gasteiger partial charge in [-0.15, -0.1) is 0 Å². The lowest BCUT2D eigenvalue weighted by atomic mass is 10.1. The number of fused-ring (bicyclic) bond motifs is 1. The van der Waals surface area contributed by atoms with Gasteiger partial charge in [0.25, 0.3) is 5.91 Å². The number of hydrogen-bond acceptors (Lipinski definition) is 1. The maximum absolute atomic E-state index is 12.2. The zero-order chi connectivity index (χ0) is 12.5. The number of amides is 1. The molecule has 0 aliphatic heterocycles. The van der Waals surface area contributed by atoms with E-state index in [0.717, 1.165) is 22.9 Å². The summed E-state index contributed by atoms with van der Waals surface area (Å²) in [6, 6.07) is 8.15. The third-order valence-corrected chi connectivity index (χ3v) is 4.00. The Bertz CT molecular complexity index is 573. The molecule has 2 atom stereocenters. The highest BCUT2D eigenvalue weighted by molar-refractivity contribution is 5.98. The van der Waals surface area contributed by atoms with Gasteiger partial charge in [-0.2, -0.15) is 0 Å². The lowest BCUT2D eigenvalue weighted by Gasteiger charge is -2.17. The molecule has 1 aliphatic rings. The van der Waals surface area contributed by atoms with Crippen LogP contribution in [-0.2, 0) is 0 Å². The van der Waals surface area contributed by atoms with Crippen molar-refractivity contribution in [1.82, 2.24) is 10.3 Å². The summed E-state index contributed by atoms with van der Waals surface area (Å²) in [5.41, 5.74) is 1.76. The highest BCUT2D eigenvalue weighted by atomic mass is 16.1. The number of aromatic amines is 1. The number of H-pyrrole nitrogens is 1. The number of aromatic nitrogens is 1. The summed E-state index contributed by atoms with van der Waals surface area (Å²) in [5.74, 6) is 0.647. The Hall–Kier alpha value is -1.77. The van der Waals surface area contributed by atoms with Crippen LogP contribution >= 0.6 is 0 Å². The smallest absolute Gasteiger partial charge is 0.251 e. The molecule has 1 heterocycles. The lowest BCUT2D eigenvalue weighted by Crippen LogP contribution is -2.36. The van der Waals surface area contributed by atoms with E-state index in [4.69, 9.17) is 0 Å². The van der Waals surface area contributed by atoms with Gasteiger partial charge in [0.1, 0.15) is 0 Å². The molecule has 1 aliphatic carbocycles. The summed E-state index contributed by atoms with van der Waals surface area (Å²) in [7, 11) is 0. The van der Waals surface area contributed by atoms with Crippen LogP contribution in [0.5, 0.6) is 0 Å². The molecule has 0 bridgehead atoms. The van der Waals surface area contributed by atoms with Gasteiger partial charge in [0, 0.05) is 23.3 Å². The van der Waals surface area contributed by atoms with E-state index >= 15 is 0 Å². The molecule has 0 spiro atoms. The largest absolute Gasteiger partial charge is 0.361 e. The number of rotatable bonds is 2. The number of carbonyl (C=O) groups excluding carboxylic acids is 1. The van der Waals surface area contributed by atoms with Crippen molar-refractivity contribution in [1.29, 1.82) is 0 Å². The molecule has 3 heteroatoms. The van der Waals surface area contributed by atoms with E-state index in [0.29, 0.717) is 12.0 Å². The fourth-order valence-corrected chi connectivity index (χ4v) is 2.80. The SMILES string of the molecule is CC1CCCC1NC(=O)c1ccc2cc[nH]c2c1. The zero-order valence-corrected chi connectivity index (χ0v) is 10.6. The fourth-order valence-electron chi connectivity index (χ4n) is 2.80. The predicted octanol–water partition coefficient (Wildman–Crippen LogP) is 3.09. The minimum atomic E-state index is 0.0465. The molecular weight excluding hydrogens is 224 g/mol. The lowest BCUT2D eigenvalue weighted by molar-refractivity contribution is 0.0930. The molecule has 1 aromatic heterocycles. The van der Waals surface area contributed by atoms with Crippen LogP contribution in [0.1, 0.15) is 36.5 Å². The standard InChI is InChI=1S/C15H18N2O/c1-10-3-2-4-13(10)17-15(18)12-6-5-11-7-8-16-14(11)9-12/h5-10,13,16H,2-4H2,1H3,(H,17,18). The van der Waals surface area contributed by atoms with E-state index in [2.05, 4.69) is 17.2 Å². The fraction of sp³-hybridized carbons (Fsp3) is 0.400. The summed E-state index contributed by atoms with van der Waals surface area (Å²) in [6.07, 6.45) is 5.45. The van der Waals surface area contributed by atoms with Gasteiger partial charge in [0.15, 0.2) is 0 Å². The summed E-state index contributed by atoms with van der Waals surface area (Å²) in [6.45, 7) is 2.21. The first-order valence-corrected chi connectivity index (χ1v) is 6.62. The predicted molar refractivity (Wildman–Crippen MR) is 72.6 cm³/mol. The molecule has 3 rings (SSSR count). The van der Waals surface area contributed by atoms with E-state index in [1.54, 1.807) is 0 Å². The van der Waals surface area contributed by atoms with Gasteiger partial charge < -0.3 is 10.3 Å². The molecule has 1 amide bonds. The Morgan fingerprint density at radius 1 is 1.33 bits per heavy atom. The normalized spacial score (nSPS) is 23.4. The van der Waals surface area contributed by atoms with E-state index in [9.17, 15) is 4.79 Å². The molecular formula is C15H18N2O. The minimum Gasteiger partial charge on any atom is -0.361 e. The molecule has 94 valence electrons. The van der Waals surface area contributed by atoms with Crippen LogP contribution in [0.4, 0.5) is 0 Å². The molecule has 0 radical (unpaired) electrons. The molecule has 1 aromatic carbocycles. The number of nitrogens with one attached hydrogen (secondary N) is 2. The van der Waals surface area contributed by atoms with E-state index in [-0.39, 0.29) is 5.91 Å². The van der Waals surface area contributed by atoms with Crippen molar-refractivity contribution in [2.45, 2.75) is 32.2 Å². The van der Waals surface area contributed by atoms with Crippen molar-refractivity contribution >= 4 is 16.8 Å². The average Bonchev–Trinajstić information content (AvgIpc) is 2.98. The highest BCUT2D eigenvalue weighted by Crippen LogP contribution is 2.25. The first-order valence-electron chi connectivity index (χ1n) is 6.62. The van der Waals surface area contributed by atoms with Gasteiger partial charge in [-0.25, -0.2) is 0 Å². The van der Waals surface area contributed by atoms with Gasteiger partial charge in [-0.3, -0.25) is 4.79 Å². The monoisotopic (exact) mass is 242 g/mol. The van der Waals surface area contributed by atoms with Crippen LogP contribution in [0.3, 0.4) is 0 Å². The molecule has 3 nitrogen and oxygen atoms in total. The Labute approximate surface area is 107 Å². The molecule has 2 aromatic rings. The van der Waals surface area contributed by atoms with Crippen LogP contribution in [0.15, 0.2) is 30.5 Å². The first kappa shape index (κ1) is 11.3. The average molecular weight is 242 g/mol. The second-order valence-electron chi connectivity index (χ2n) is 5.27. The van der Waals surface area contributed by atoms with Crippen LogP contribution in [0.2, 0.25) is 0 Å². The molecule has 0 saturated heterocycles. The maximum Gasteiger partial charge on any atom is 0.251 e. The van der Waals surface area contributed by atoms with Gasteiger partial charge in [0.05, 0.1) is 0 Å². The second kappa shape index (κ2) is 4.48. The summed E-state index contributed by atoms with van der Waals surface area (Å²) in [5, 5.41) is 4.29. The maximum atomic E-state index is 12.2. The number of carbonyl (C=O) groups is 1. The summed E-state index contributed by atoms with van der Waals surface area (Å²) >= 11 is 0. The Balaban J connectivity index is 1.78. The summed E-state index contributed by atoms with van der Waals surface area (Å²) < 4.78 is 0. The summed E-state index contributed by atoms with van der Waals surface area (Å²) in [4.78, 5) is 15.3. The van der Waals surface area contributed by atoms with Gasteiger partial charge in [-0.1, -0.05) is 19.4 Å². The molecule has 1 fully saturated rings. The van der Waals surface area contributed by atoms with Crippen LogP contribution in [-0.4, -0.2) is 16.9 Å². The van der Waals surface area contributed by atoms with E-state index < -0.39 is 0 Å². The third kappa shape index (κ3) is 2.01. The number of hydrogen-bond donors (Lipinski definition) is 2.